The fraction of sp³-hybridized carbons (Fsp3) is 0.143. The van der Waals surface area contributed by atoms with Crippen molar-refractivity contribution in [2.45, 2.75) is 13.8 Å². The van der Waals surface area contributed by atoms with Crippen LogP contribution in [0.4, 0.5) is 5.82 Å². The Morgan fingerprint density at radius 2 is 2.10 bits per heavy atom. The van der Waals surface area contributed by atoms with Gasteiger partial charge in [-0.15, -0.1) is 0 Å². The van der Waals surface area contributed by atoms with Gasteiger partial charge in [-0.05, 0) is 32.1 Å². The number of pyridine rings is 1. The SMILES string of the molecule is Cc1noc(C)c1C(=O)Nc1cccc(C=CC(=O)O)n1. The number of rotatable bonds is 4. The second kappa shape index (κ2) is 6.00. The maximum Gasteiger partial charge on any atom is 0.328 e. The Labute approximate surface area is 120 Å². The van der Waals surface area contributed by atoms with E-state index in [2.05, 4.69) is 15.5 Å². The number of aromatic nitrogens is 2. The molecule has 0 aliphatic rings. The quantitative estimate of drug-likeness (QED) is 0.833. The number of carboxylic acid groups (broad SMARTS) is 1. The van der Waals surface area contributed by atoms with Gasteiger partial charge in [0.2, 0.25) is 0 Å². The van der Waals surface area contributed by atoms with Crippen LogP contribution in [0, 0.1) is 13.8 Å². The average molecular weight is 287 g/mol. The second-order valence-electron chi connectivity index (χ2n) is 4.27. The standard InChI is InChI=1S/C14H13N3O4/c1-8-13(9(2)21-17-8)14(20)16-11-5-3-4-10(15-11)6-7-12(18)19/h3-7H,1-2H3,(H,18,19)(H,15,16,20). The Hall–Kier alpha value is -2.96. The highest BCUT2D eigenvalue weighted by atomic mass is 16.5. The van der Waals surface area contributed by atoms with Crippen LogP contribution in [0.25, 0.3) is 6.08 Å². The van der Waals surface area contributed by atoms with Crippen LogP contribution < -0.4 is 5.32 Å². The number of carbonyl (C=O) groups is 2. The van der Waals surface area contributed by atoms with Gasteiger partial charge in [0.15, 0.2) is 0 Å². The fourth-order valence-corrected chi connectivity index (χ4v) is 1.76. The minimum Gasteiger partial charge on any atom is -0.478 e. The Balaban J connectivity index is 2.18. The Bertz CT molecular complexity index is 699. The van der Waals surface area contributed by atoms with Crippen LogP contribution in [0.3, 0.4) is 0 Å². The highest BCUT2D eigenvalue weighted by Gasteiger charge is 2.17. The first-order chi connectivity index (χ1) is 9.97. The predicted octanol–water partition coefficient (Wildman–Crippen LogP) is 2.04. The van der Waals surface area contributed by atoms with Crippen LogP contribution in [0.2, 0.25) is 0 Å². The van der Waals surface area contributed by atoms with Gasteiger partial charge in [-0.3, -0.25) is 4.79 Å². The molecule has 0 unspecified atom stereocenters. The summed E-state index contributed by atoms with van der Waals surface area (Å²) in [6.45, 7) is 3.32. The lowest BCUT2D eigenvalue weighted by Crippen LogP contribution is -2.14. The van der Waals surface area contributed by atoms with Crippen LogP contribution in [0.15, 0.2) is 28.8 Å². The second-order valence-corrected chi connectivity index (χ2v) is 4.27. The van der Waals surface area contributed by atoms with Crippen molar-refractivity contribution in [3.63, 3.8) is 0 Å². The molecule has 0 aromatic carbocycles. The Morgan fingerprint density at radius 3 is 2.71 bits per heavy atom. The summed E-state index contributed by atoms with van der Waals surface area (Å²) in [5.74, 6) is -0.709. The molecule has 0 saturated heterocycles. The molecule has 1 amide bonds. The molecule has 2 rings (SSSR count). The summed E-state index contributed by atoms with van der Waals surface area (Å²) >= 11 is 0. The zero-order valence-corrected chi connectivity index (χ0v) is 11.5. The number of hydrogen-bond acceptors (Lipinski definition) is 5. The van der Waals surface area contributed by atoms with E-state index in [0.29, 0.717) is 28.5 Å². The lowest BCUT2D eigenvalue weighted by molar-refractivity contribution is -0.131. The number of nitrogens with zero attached hydrogens (tertiary/aromatic N) is 2. The number of aryl methyl sites for hydroxylation is 2. The lowest BCUT2D eigenvalue weighted by Gasteiger charge is -2.04. The van der Waals surface area contributed by atoms with Gasteiger partial charge in [0, 0.05) is 6.08 Å². The largest absolute Gasteiger partial charge is 0.478 e. The minimum absolute atomic E-state index is 0.313. The topological polar surface area (TPSA) is 105 Å². The van der Waals surface area contributed by atoms with Crippen LogP contribution in [-0.2, 0) is 4.79 Å². The Kier molecular flexibility index (Phi) is 4.13. The molecule has 7 nitrogen and oxygen atoms in total. The van der Waals surface area contributed by atoms with Crippen molar-refractivity contribution in [2.24, 2.45) is 0 Å². The molecule has 2 heterocycles. The fourth-order valence-electron chi connectivity index (χ4n) is 1.76. The zero-order valence-electron chi connectivity index (χ0n) is 11.5. The van der Waals surface area contributed by atoms with Crippen molar-refractivity contribution in [1.29, 1.82) is 0 Å². The highest BCUT2D eigenvalue weighted by molar-refractivity contribution is 6.05. The van der Waals surface area contributed by atoms with E-state index in [4.69, 9.17) is 9.63 Å². The van der Waals surface area contributed by atoms with Gasteiger partial charge < -0.3 is 14.9 Å². The summed E-state index contributed by atoms with van der Waals surface area (Å²) in [6.07, 6.45) is 2.32. The van der Waals surface area contributed by atoms with Crippen molar-refractivity contribution in [3.8, 4) is 0 Å². The maximum absolute atomic E-state index is 12.1. The van der Waals surface area contributed by atoms with Crippen LogP contribution in [-0.4, -0.2) is 27.1 Å². The number of carboxylic acids is 1. The number of carbonyl (C=O) groups excluding carboxylic acids is 1. The summed E-state index contributed by atoms with van der Waals surface area (Å²) in [6, 6.07) is 4.90. The van der Waals surface area contributed by atoms with Gasteiger partial charge in [0.1, 0.15) is 17.1 Å². The third-order valence-corrected chi connectivity index (χ3v) is 2.67. The van der Waals surface area contributed by atoms with Crippen molar-refractivity contribution >= 4 is 23.8 Å². The molecule has 2 N–H and O–H groups in total. The minimum atomic E-state index is -1.07. The lowest BCUT2D eigenvalue weighted by atomic mass is 10.2. The van der Waals surface area contributed by atoms with Crippen molar-refractivity contribution < 1.29 is 19.2 Å². The molecule has 0 aliphatic carbocycles. The number of amides is 1. The molecule has 0 radical (unpaired) electrons. The van der Waals surface area contributed by atoms with Gasteiger partial charge in [0.25, 0.3) is 5.91 Å². The van der Waals surface area contributed by atoms with Gasteiger partial charge >= 0.3 is 5.97 Å². The monoisotopic (exact) mass is 287 g/mol. The predicted molar refractivity (Wildman–Crippen MR) is 74.8 cm³/mol. The number of nitrogens with one attached hydrogen (secondary N) is 1. The van der Waals surface area contributed by atoms with Crippen molar-refractivity contribution in [2.75, 3.05) is 5.32 Å². The highest BCUT2D eigenvalue weighted by Crippen LogP contribution is 2.15. The molecule has 0 spiro atoms. The van der Waals surface area contributed by atoms with E-state index in [1.54, 1.807) is 32.0 Å². The third kappa shape index (κ3) is 3.53. The summed E-state index contributed by atoms with van der Waals surface area (Å²) in [4.78, 5) is 26.7. The van der Waals surface area contributed by atoms with Gasteiger partial charge in [-0.1, -0.05) is 11.2 Å². The van der Waals surface area contributed by atoms with E-state index >= 15 is 0 Å². The van der Waals surface area contributed by atoms with Crippen LogP contribution in [0.5, 0.6) is 0 Å². The molecule has 0 bridgehead atoms. The first-order valence-electron chi connectivity index (χ1n) is 6.09. The molecule has 21 heavy (non-hydrogen) atoms. The molecule has 0 atom stereocenters. The van der Waals surface area contributed by atoms with Crippen molar-refractivity contribution in [1.82, 2.24) is 10.1 Å². The van der Waals surface area contributed by atoms with E-state index in [1.807, 2.05) is 0 Å². The zero-order chi connectivity index (χ0) is 15.4. The van der Waals surface area contributed by atoms with E-state index in [1.165, 1.54) is 6.08 Å². The van der Waals surface area contributed by atoms with E-state index in [-0.39, 0.29) is 5.91 Å². The third-order valence-electron chi connectivity index (χ3n) is 2.67. The van der Waals surface area contributed by atoms with E-state index < -0.39 is 5.97 Å². The number of hydrogen-bond donors (Lipinski definition) is 2. The van der Waals surface area contributed by atoms with E-state index in [0.717, 1.165) is 6.08 Å². The summed E-state index contributed by atoms with van der Waals surface area (Å²) < 4.78 is 4.94. The summed E-state index contributed by atoms with van der Waals surface area (Å²) in [5, 5.41) is 14.9. The molecular weight excluding hydrogens is 274 g/mol. The number of anilines is 1. The first kappa shape index (κ1) is 14.4. The summed E-state index contributed by atoms with van der Waals surface area (Å²) in [7, 11) is 0. The molecule has 0 saturated carbocycles. The first-order valence-corrected chi connectivity index (χ1v) is 6.09. The Morgan fingerprint density at radius 1 is 1.33 bits per heavy atom. The van der Waals surface area contributed by atoms with Gasteiger partial charge in [0.05, 0.1) is 11.4 Å². The van der Waals surface area contributed by atoms with E-state index in [9.17, 15) is 9.59 Å². The van der Waals surface area contributed by atoms with Crippen molar-refractivity contribution in [3.05, 3.63) is 47.0 Å². The molecule has 7 heteroatoms. The van der Waals surface area contributed by atoms with Crippen LogP contribution >= 0.6 is 0 Å². The summed E-state index contributed by atoms with van der Waals surface area (Å²) in [5.41, 5.74) is 1.28. The van der Waals surface area contributed by atoms with Gasteiger partial charge in [-0.25, -0.2) is 9.78 Å². The molecule has 2 aromatic heterocycles. The average Bonchev–Trinajstić information content (AvgIpc) is 2.76. The normalized spacial score (nSPS) is 10.8. The van der Waals surface area contributed by atoms with Crippen LogP contribution in [0.1, 0.15) is 27.5 Å². The molecular formula is C14H13N3O4. The molecule has 0 aliphatic heterocycles. The number of aliphatic carboxylic acids is 1. The van der Waals surface area contributed by atoms with Gasteiger partial charge in [-0.2, -0.15) is 0 Å². The molecule has 0 fully saturated rings. The molecule has 108 valence electrons. The maximum atomic E-state index is 12.1. The smallest absolute Gasteiger partial charge is 0.328 e. The molecule has 2 aromatic rings.